The molecule has 21 heavy (non-hydrogen) atoms. The van der Waals surface area contributed by atoms with Gasteiger partial charge in [0, 0.05) is 44.0 Å². The molecule has 6 nitrogen and oxygen atoms in total. The fraction of sp³-hybridized carbons (Fsp3) is 0.733. The van der Waals surface area contributed by atoms with Gasteiger partial charge >= 0.3 is 6.09 Å². The Hall–Kier alpha value is -1.56. The summed E-state index contributed by atoms with van der Waals surface area (Å²) < 4.78 is 5.46. The average molecular weight is 294 g/mol. The summed E-state index contributed by atoms with van der Waals surface area (Å²) in [7, 11) is 0. The maximum absolute atomic E-state index is 12.2. The molecule has 6 heteroatoms. The van der Waals surface area contributed by atoms with E-state index in [1.54, 1.807) is 6.33 Å². The molecule has 2 rings (SSSR count). The third kappa shape index (κ3) is 5.04. The third-order valence-corrected chi connectivity index (χ3v) is 3.51. The van der Waals surface area contributed by atoms with Crippen LogP contribution in [0.3, 0.4) is 0 Å². The second-order valence-corrected chi connectivity index (χ2v) is 6.50. The summed E-state index contributed by atoms with van der Waals surface area (Å²) in [6.07, 6.45) is 6.34. The minimum atomic E-state index is -0.432. The number of nitrogens with zero attached hydrogens (tertiary/aromatic N) is 2. The van der Waals surface area contributed by atoms with E-state index in [0.717, 1.165) is 44.6 Å². The smallest absolute Gasteiger partial charge is 0.410 e. The van der Waals surface area contributed by atoms with Crippen molar-refractivity contribution < 1.29 is 9.53 Å². The zero-order valence-corrected chi connectivity index (χ0v) is 13.2. The molecule has 1 fully saturated rings. The number of likely N-dealkylation sites (tertiary alicyclic amines) is 1. The molecule has 1 amide bonds. The second-order valence-electron chi connectivity index (χ2n) is 6.50. The highest BCUT2D eigenvalue weighted by molar-refractivity contribution is 5.69. The van der Waals surface area contributed by atoms with Gasteiger partial charge in [-0.2, -0.15) is 0 Å². The predicted molar refractivity (Wildman–Crippen MR) is 81.1 cm³/mol. The first-order valence-corrected chi connectivity index (χ1v) is 7.63. The lowest BCUT2D eigenvalue weighted by molar-refractivity contribution is 0.0227. The SMILES string of the molecule is CC(C)(C)OC(=O)N1CCCC1CNCCc1cnc[nH]1. The molecule has 0 saturated carbocycles. The normalized spacial score (nSPS) is 19.0. The number of carbonyl (C=O) groups excluding carboxylic acids is 1. The van der Waals surface area contributed by atoms with Crippen LogP contribution in [0.4, 0.5) is 4.79 Å². The van der Waals surface area contributed by atoms with Gasteiger partial charge in [-0.15, -0.1) is 0 Å². The van der Waals surface area contributed by atoms with E-state index < -0.39 is 5.60 Å². The maximum atomic E-state index is 12.2. The standard InChI is InChI=1S/C15H26N4O2/c1-15(2,3)21-14(20)19-8-4-5-13(19)10-16-7-6-12-9-17-11-18-12/h9,11,13,16H,4-8,10H2,1-3H3,(H,17,18). The van der Waals surface area contributed by atoms with E-state index >= 15 is 0 Å². The molecule has 0 spiro atoms. The summed E-state index contributed by atoms with van der Waals surface area (Å²) in [6, 6.07) is 0.238. The van der Waals surface area contributed by atoms with Gasteiger partial charge in [-0.05, 0) is 33.6 Å². The Labute approximate surface area is 126 Å². The molecule has 1 saturated heterocycles. The molecule has 0 radical (unpaired) electrons. The second kappa shape index (κ2) is 6.93. The van der Waals surface area contributed by atoms with Crippen LogP contribution in [-0.2, 0) is 11.2 Å². The first-order valence-electron chi connectivity index (χ1n) is 7.63. The van der Waals surface area contributed by atoms with Gasteiger partial charge in [0.1, 0.15) is 5.60 Å². The van der Waals surface area contributed by atoms with Gasteiger partial charge in [0.2, 0.25) is 0 Å². The van der Waals surface area contributed by atoms with E-state index in [2.05, 4.69) is 15.3 Å². The molecule has 1 atom stereocenters. The van der Waals surface area contributed by atoms with Crippen LogP contribution in [0.25, 0.3) is 0 Å². The Bertz CT molecular complexity index is 439. The van der Waals surface area contributed by atoms with E-state index in [9.17, 15) is 4.79 Å². The van der Waals surface area contributed by atoms with Gasteiger partial charge < -0.3 is 19.9 Å². The number of carbonyl (C=O) groups is 1. The number of ether oxygens (including phenoxy) is 1. The van der Waals surface area contributed by atoms with Crippen molar-refractivity contribution in [2.24, 2.45) is 0 Å². The van der Waals surface area contributed by atoms with Crippen molar-refractivity contribution in [3.05, 3.63) is 18.2 Å². The molecule has 0 aromatic carbocycles. The van der Waals surface area contributed by atoms with Gasteiger partial charge in [-0.3, -0.25) is 0 Å². The lowest BCUT2D eigenvalue weighted by atomic mass is 10.2. The summed E-state index contributed by atoms with van der Waals surface area (Å²) in [5, 5.41) is 3.42. The Morgan fingerprint density at radius 2 is 2.38 bits per heavy atom. The molecule has 1 aliphatic heterocycles. The molecular weight excluding hydrogens is 268 g/mol. The number of rotatable bonds is 5. The van der Waals surface area contributed by atoms with Crippen LogP contribution >= 0.6 is 0 Å². The van der Waals surface area contributed by atoms with Gasteiger partial charge in [0.25, 0.3) is 0 Å². The van der Waals surface area contributed by atoms with Crippen molar-refractivity contribution in [3.8, 4) is 0 Å². The molecule has 0 bridgehead atoms. The molecule has 118 valence electrons. The summed E-state index contributed by atoms with van der Waals surface area (Å²) in [6.45, 7) is 8.19. The van der Waals surface area contributed by atoms with Crippen LogP contribution in [0.2, 0.25) is 0 Å². The maximum Gasteiger partial charge on any atom is 0.410 e. The highest BCUT2D eigenvalue weighted by Crippen LogP contribution is 2.20. The fourth-order valence-electron chi connectivity index (χ4n) is 2.52. The first-order chi connectivity index (χ1) is 9.96. The number of amides is 1. The zero-order valence-electron chi connectivity index (χ0n) is 13.2. The molecule has 2 N–H and O–H groups in total. The lowest BCUT2D eigenvalue weighted by Gasteiger charge is -2.28. The Morgan fingerprint density at radius 3 is 3.05 bits per heavy atom. The minimum absolute atomic E-state index is 0.194. The van der Waals surface area contributed by atoms with Crippen molar-refractivity contribution in [3.63, 3.8) is 0 Å². The number of aromatic nitrogens is 2. The largest absolute Gasteiger partial charge is 0.444 e. The van der Waals surface area contributed by atoms with Crippen molar-refractivity contribution in [1.82, 2.24) is 20.2 Å². The molecule has 1 aromatic heterocycles. The Balaban J connectivity index is 1.72. The van der Waals surface area contributed by atoms with Gasteiger partial charge in [-0.25, -0.2) is 9.78 Å². The summed E-state index contributed by atoms with van der Waals surface area (Å²) in [4.78, 5) is 21.1. The number of imidazole rings is 1. The number of H-pyrrole nitrogens is 1. The zero-order chi connectivity index (χ0) is 15.3. The van der Waals surface area contributed by atoms with E-state index in [1.165, 1.54) is 0 Å². The Kier molecular flexibility index (Phi) is 5.22. The van der Waals surface area contributed by atoms with Crippen LogP contribution in [-0.4, -0.2) is 52.2 Å². The van der Waals surface area contributed by atoms with Crippen LogP contribution in [0.5, 0.6) is 0 Å². The lowest BCUT2D eigenvalue weighted by Crippen LogP contribution is -2.44. The van der Waals surface area contributed by atoms with Gasteiger partial charge in [0.05, 0.1) is 6.33 Å². The Morgan fingerprint density at radius 1 is 1.57 bits per heavy atom. The minimum Gasteiger partial charge on any atom is -0.444 e. The molecule has 0 aliphatic carbocycles. The van der Waals surface area contributed by atoms with Crippen molar-refractivity contribution in [1.29, 1.82) is 0 Å². The number of nitrogens with one attached hydrogen (secondary N) is 2. The number of hydrogen-bond acceptors (Lipinski definition) is 4. The van der Waals surface area contributed by atoms with E-state index in [1.807, 2.05) is 31.9 Å². The average Bonchev–Trinajstić information content (AvgIpc) is 3.04. The van der Waals surface area contributed by atoms with Crippen LogP contribution < -0.4 is 5.32 Å². The summed E-state index contributed by atoms with van der Waals surface area (Å²) in [5.41, 5.74) is 0.691. The number of hydrogen-bond donors (Lipinski definition) is 2. The monoisotopic (exact) mass is 294 g/mol. The molecule has 1 aromatic rings. The van der Waals surface area contributed by atoms with Crippen LogP contribution in [0.1, 0.15) is 39.3 Å². The number of aromatic amines is 1. The summed E-state index contributed by atoms with van der Waals surface area (Å²) in [5.74, 6) is 0. The third-order valence-electron chi connectivity index (χ3n) is 3.51. The van der Waals surface area contributed by atoms with Crippen LogP contribution in [0, 0.1) is 0 Å². The summed E-state index contributed by atoms with van der Waals surface area (Å²) >= 11 is 0. The molecule has 1 unspecified atom stereocenters. The van der Waals surface area contributed by atoms with Crippen molar-refractivity contribution in [2.45, 2.75) is 51.7 Å². The van der Waals surface area contributed by atoms with E-state index in [4.69, 9.17) is 4.74 Å². The quantitative estimate of drug-likeness (QED) is 0.814. The molecule has 1 aliphatic rings. The van der Waals surface area contributed by atoms with E-state index in [-0.39, 0.29) is 12.1 Å². The molecular formula is C15H26N4O2. The topological polar surface area (TPSA) is 70.2 Å². The van der Waals surface area contributed by atoms with Gasteiger partial charge in [-0.1, -0.05) is 0 Å². The fourth-order valence-corrected chi connectivity index (χ4v) is 2.52. The van der Waals surface area contributed by atoms with Crippen molar-refractivity contribution >= 4 is 6.09 Å². The predicted octanol–water partition coefficient (Wildman–Crippen LogP) is 1.94. The van der Waals surface area contributed by atoms with Crippen LogP contribution in [0.15, 0.2) is 12.5 Å². The molecule has 2 heterocycles. The van der Waals surface area contributed by atoms with Crippen molar-refractivity contribution in [2.75, 3.05) is 19.6 Å². The van der Waals surface area contributed by atoms with Gasteiger partial charge in [0.15, 0.2) is 0 Å². The first kappa shape index (κ1) is 15.8. The highest BCUT2D eigenvalue weighted by atomic mass is 16.6. The van der Waals surface area contributed by atoms with E-state index in [0.29, 0.717) is 0 Å². The highest BCUT2D eigenvalue weighted by Gasteiger charge is 2.31.